The highest BCUT2D eigenvalue weighted by Crippen LogP contribution is 2.79. The van der Waals surface area contributed by atoms with Crippen molar-refractivity contribution in [1.82, 2.24) is 0 Å². The smallest absolute Gasteiger partial charge is 0.373 e. The summed E-state index contributed by atoms with van der Waals surface area (Å²) in [6.07, 6.45) is -1.76. The second kappa shape index (κ2) is 9.99. The molecule has 27 heavy (non-hydrogen) atoms. The Balaban J connectivity index is 6.72. The van der Waals surface area contributed by atoms with Crippen LogP contribution in [0.2, 0.25) is 19.6 Å². The van der Waals surface area contributed by atoms with Gasteiger partial charge in [0.25, 0.3) is 5.08 Å². The Morgan fingerprint density at radius 3 is 1.00 bits per heavy atom. The highest BCUT2D eigenvalue weighted by atomic mass is 31.2. The van der Waals surface area contributed by atoms with Gasteiger partial charge in [0.1, 0.15) is 0 Å². The molecule has 164 valence electrons. The van der Waals surface area contributed by atoms with Gasteiger partial charge in [-0.05, 0) is 82.0 Å². The molecule has 0 aliphatic heterocycles. The first-order chi connectivity index (χ1) is 11.9. The maximum Gasteiger partial charge on any atom is 0.373 e. The van der Waals surface area contributed by atoms with Crippen molar-refractivity contribution in [2.75, 3.05) is 0 Å². The van der Waals surface area contributed by atoms with Crippen molar-refractivity contribution in [3.05, 3.63) is 0 Å². The van der Waals surface area contributed by atoms with Gasteiger partial charge in [0, 0.05) is 0 Å². The zero-order valence-corrected chi connectivity index (χ0v) is 21.9. The van der Waals surface area contributed by atoms with Gasteiger partial charge in [0.2, 0.25) is 0 Å². The lowest BCUT2D eigenvalue weighted by Crippen LogP contribution is -2.43. The van der Waals surface area contributed by atoms with Gasteiger partial charge in [-0.3, -0.25) is 9.13 Å². The minimum absolute atomic E-state index is 0.439. The Bertz CT molecular complexity index is 490. The van der Waals surface area contributed by atoms with Crippen molar-refractivity contribution in [1.29, 1.82) is 0 Å². The van der Waals surface area contributed by atoms with E-state index in [1.807, 2.05) is 19.6 Å². The van der Waals surface area contributed by atoms with Crippen molar-refractivity contribution in [2.24, 2.45) is 0 Å². The molecule has 0 radical (unpaired) electrons. The second-order valence-corrected chi connectivity index (χ2v) is 18.1. The molecule has 0 saturated heterocycles. The highest BCUT2D eigenvalue weighted by Gasteiger charge is 2.66. The zero-order chi connectivity index (χ0) is 21.8. The summed E-state index contributed by atoms with van der Waals surface area (Å²) in [5.74, 6) is 0. The quantitative estimate of drug-likeness (QED) is 0.247. The molecule has 0 atom stereocenters. The third-order valence-electron chi connectivity index (χ3n) is 2.91. The molecule has 7 nitrogen and oxygen atoms in total. The molecule has 0 aromatic carbocycles. The first-order valence-corrected chi connectivity index (χ1v) is 16.0. The van der Waals surface area contributed by atoms with Crippen LogP contribution in [-0.4, -0.2) is 37.8 Å². The summed E-state index contributed by atoms with van der Waals surface area (Å²) < 4.78 is 57.5. The minimum Gasteiger partial charge on any atom is -0.393 e. The van der Waals surface area contributed by atoms with E-state index in [-0.39, 0.29) is 0 Å². The van der Waals surface area contributed by atoms with Crippen LogP contribution in [0.4, 0.5) is 0 Å². The normalized spacial score (nSPS) is 14.8. The Morgan fingerprint density at radius 1 is 0.630 bits per heavy atom. The summed E-state index contributed by atoms with van der Waals surface area (Å²) in [5, 5.41) is -1.90. The van der Waals surface area contributed by atoms with Crippen LogP contribution in [0.5, 0.6) is 0 Å². The van der Waals surface area contributed by atoms with E-state index in [1.165, 1.54) is 6.92 Å². The molecule has 0 bridgehead atoms. The first-order valence-electron chi connectivity index (χ1n) is 9.51. The van der Waals surface area contributed by atoms with Crippen LogP contribution in [0.3, 0.4) is 0 Å². The fraction of sp³-hybridized carbons (Fsp3) is 1.00. The largest absolute Gasteiger partial charge is 0.393 e. The van der Waals surface area contributed by atoms with Crippen LogP contribution >= 0.6 is 15.2 Å². The summed E-state index contributed by atoms with van der Waals surface area (Å²) in [6, 6.07) is 0. The van der Waals surface area contributed by atoms with Crippen molar-refractivity contribution < 1.29 is 31.7 Å². The van der Waals surface area contributed by atoms with Crippen molar-refractivity contribution in [3.8, 4) is 0 Å². The SMILES string of the molecule is CC(C)OP(=O)(OC(C)C)C(C)(O[Si](C)(C)C)P(=O)(OC(C)C)OC(C)C. The van der Waals surface area contributed by atoms with Gasteiger partial charge >= 0.3 is 15.2 Å². The number of hydrogen-bond donors (Lipinski definition) is 0. The van der Waals surface area contributed by atoms with Gasteiger partial charge in [-0.25, -0.2) is 0 Å². The van der Waals surface area contributed by atoms with Crippen LogP contribution in [-0.2, 0) is 31.7 Å². The average molecular weight is 447 g/mol. The first kappa shape index (κ1) is 27.5. The van der Waals surface area contributed by atoms with Crippen LogP contribution in [0.15, 0.2) is 0 Å². The average Bonchev–Trinajstić information content (AvgIpc) is 2.31. The van der Waals surface area contributed by atoms with E-state index in [0.29, 0.717) is 0 Å². The van der Waals surface area contributed by atoms with Gasteiger partial charge in [-0.15, -0.1) is 0 Å². The minimum atomic E-state index is -4.08. The summed E-state index contributed by atoms with van der Waals surface area (Å²) in [7, 11) is -10.6. The molecule has 0 aliphatic rings. The molecule has 0 rings (SSSR count). The fourth-order valence-corrected chi connectivity index (χ4v) is 11.0. The Hall–Kier alpha value is 0.477. The molecule has 10 heteroatoms. The summed E-state index contributed by atoms with van der Waals surface area (Å²) >= 11 is 0. The van der Waals surface area contributed by atoms with Gasteiger partial charge in [0.15, 0.2) is 8.32 Å². The molecular weight excluding hydrogens is 406 g/mol. The van der Waals surface area contributed by atoms with Gasteiger partial charge in [-0.2, -0.15) is 0 Å². The molecule has 0 heterocycles. The van der Waals surface area contributed by atoms with Crippen molar-refractivity contribution >= 4 is 23.5 Å². The van der Waals surface area contributed by atoms with E-state index in [9.17, 15) is 9.13 Å². The molecule has 0 aromatic heterocycles. The molecular formula is C17H40O7P2Si. The van der Waals surface area contributed by atoms with Crippen LogP contribution in [0.25, 0.3) is 0 Å². The van der Waals surface area contributed by atoms with Gasteiger partial charge in [0.05, 0.1) is 24.4 Å². The third kappa shape index (κ3) is 8.02. The fourth-order valence-electron chi connectivity index (χ4n) is 2.39. The maximum absolute atomic E-state index is 14.1. The Labute approximate surface area is 167 Å². The van der Waals surface area contributed by atoms with Crippen molar-refractivity contribution in [3.63, 3.8) is 0 Å². The second-order valence-electron chi connectivity index (χ2n) is 8.76. The molecule has 0 aliphatic carbocycles. The summed E-state index contributed by atoms with van der Waals surface area (Å²) in [5.41, 5.74) is 0. The highest BCUT2D eigenvalue weighted by molar-refractivity contribution is 7.74. The van der Waals surface area contributed by atoms with E-state index >= 15 is 0 Å². The van der Waals surface area contributed by atoms with Gasteiger partial charge < -0.3 is 22.5 Å². The van der Waals surface area contributed by atoms with E-state index in [1.54, 1.807) is 55.4 Å². The van der Waals surface area contributed by atoms with Crippen LogP contribution < -0.4 is 0 Å². The molecule has 0 N–H and O–H groups in total. The number of hydrogen-bond acceptors (Lipinski definition) is 7. The standard InChI is InChI=1S/C17H40O7P2Si/c1-13(2)20-25(18,21-14(3)4)17(9,24-27(10,11)12)26(19,22-15(5)6)23-16(7)8/h13-16H,1-12H3. The Morgan fingerprint density at radius 2 is 0.852 bits per heavy atom. The van der Waals surface area contributed by atoms with E-state index in [2.05, 4.69) is 0 Å². The Kier molecular flexibility index (Phi) is 10.2. The zero-order valence-electron chi connectivity index (χ0n) is 19.1. The lowest BCUT2D eigenvalue weighted by atomic mass is 10.5. The molecule has 0 fully saturated rings. The van der Waals surface area contributed by atoms with Crippen LogP contribution in [0, 0.1) is 0 Å². The van der Waals surface area contributed by atoms with E-state index in [4.69, 9.17) is 22.5 Å². The topological polar surface area (TPSA) is 80.3 Å². The molecule has 0 spiro atoms. The predicted molar refractivity (Wildman–Crippen MR) is 113 cm³/mol. The third-order valence-corrected chi connectivity index (χ3v) is 10.8. The molecule has 0 aromatic rings. The molecule has 0 amide bonds. The number of rotatable bonds is 12. The molecule has 0 unspecified atom stereocenters. The summed E-state index contributed by atoms with van der Waals surface area (Å²) in [4.78, 5) is 0. The maximum atomic E-state index is 14.1. The van der Waals surface area contributed by atoms with Gasteiger partial charge in [-0.1, -0.05) is 0 Å². The van der Waals surface area contributed by atoms with E-state index in [0.717, 1.165) is 0 Å². The molecule has 0 saturated carbocycles. The van der Waals surface area contributed by atoms with E-state index < -0.39 is 53.0 Å². The lowest BCUT2D eigenvalue weighted by Gasteiger charge is -2.44. The van der Waals surface area contributed by atoms with Crippen LogP contribution in [0.1, 0.15) is 62.3 Å². The lowest BCUT2D eigenvalue weighted by molar-refractivity contribution is 0.0608. The monoisotopic (exact) mass is 446 g/mol. The predicted octanol–water partition coefficient (Wildman–Crippen LogP) is 6.60. The summed E-state index contributed by atoms with van der Waals surface area (Å²) in [6.45, 7) is 21.1. The van der Waals surface area contributed by atoms with Crippen molar-refractivity contribution in [2.45, 2.75) is 111 Å².